The molecule has 0 fully saturated rings. The van der Waals surface area contributed by atoms with Gasteiger partial charge in [-0.1, -0.05) is 37.3 Å². The highest BCUT2D eigenvalue weighted by atomic mass is 16.3. The van der Waals surface area contributed by atoms with Gasteiger partial charge in [0, 0.05) is 12.6 Å². The van der Waals surface area contributed by atoms with Gasteiger partial charge in [-0.15, -0.1) is 0 Å². The molecule has 2 aromatic heterocycles. The van der Waals surface area contributed by atoms with Gasteiger partial charge >= 0.3 is 5.69 Å². The summed E-state index contributed by atoms with van der Waals surface area (Å²) in [5.41, 5.74) is 2.00. The summed E-state index contributed by atoms with van der Waals surface area (Å²) in [4.78, 5) is 24.3. The lowest BCUT2D eigenvalue weighted by molar-refractivity contribution is 0.271. The molecule has 3 aromatic rings. The Balaban J connectivity index is 2.03. The molecule has 0 spiro atoms. The van der Waals surface area contributed by atoms with Gasteiger partial charge in [0.15, 0.2) is 11.5 Å². The highest BCUT2D eigenvalue weighted by Gasteiger charge is 2.18. The molecular weight excluding hydrogens is 344 g/mol. The summed E-state index contributed by atoms with van der Waals surface area (Å²) in [5, 5.41) is 15.9. The molecule has 27 heavy (non-hydrogen) atoms. The third-order valence-corrected chi connectivity index (χ3v) is 4.43. The number of H-pyrrole nitrogens is 1. The van der Waals surface area contributed by atoms with Crippen LogP contribution in [0.2, 0.25) is 0 Å². The van der Waals surface area contributed by atoms with E-state index in [1.165, 1.54) is 0 Å². The summed E-state index contributed by atoms with van der Waals surface area (Å²) in [7, 11) is 0. The Morgan fingerprint density at radius 2 is 1.96 bits per heavy atom. The quantitative estimate of drug-likeness (QED) is 0.485. The summed E-state index contributed by atoms with van der Waals surface area (Å²) < 4.78 is 1.61. The molecular formula is C19H26N6O2. The predicted molar refractivity (Wildman–Crippen MR) is 107 cm³/mol. The van der Waals surface area contributed by atoms with E-state index in [0.29, 0.717) is 29.5 Å². The first-order valence-electron chi connectivity index (χ1n) is 9.20. The van der Waals surface area contributed by atoms with Crippen LogP contribution in [0.25, 0.3) is 11.2 Å². The van der Waals surface area contributed by atoms with E-state index >= 15 is 0 Å². The monoisotopic (exact) mass is 370 g/mol. The summed E-state index contributed by atoms with van der Waals surface area (Å²) in [6.07, 6.45) is 0.731. The van der Waals surface area contributed by atoms with Crippen LogP contribution in [0.1, 0.15) is 38.8 Å². The number of aromatic nitrogens is 4. The number of hydrogen-bond acceptors (Lipinski definition) is 6. The SMILES string of the molecule is CC[C@H](CO)Nc1nc(NCc2ccccc2)c2[nH]c(=O)n(C(C)C)c2n1. The predicted octanol–water partition coefficient (Wildman–Crippen LogP) is 2.50. The third-order valence-electron chi connectivity index (χ3n) is 4.43. The summed E-state index contributed by atoms with van der Waals surface area (Å²) in [6, 6.07) is 9.76. The van der Waals surface area contributed by atoms with E-state index in [4.69, 9.17) is 0 Å². The Morgan fingerprint density at radius 3 is 2.59 bits per heavy atom. The van der Waals surface area contributed by atoms with Gasteiger partial charge in [0.1, 0.15) is 5.52 Å². The van der Waals surface area contributed by atoms with Gasteiger partial charge in [0.2, 0.25) is 5.95 Å². The van der Waals surface area contributed by atoms with Crippen molar-refractivity contribution in [2.24, 2.45) is 0 Å². The number of anilines is 2. The normalized spacial score (nSPS) is 12.5. The molecule has 0 saturated carbocycles. The first kappa shape index (κ1) is 18.9. The van der Waals surface area contributed by atoms with Crippen molar-refractivity contribution in [2.75, 3.05) is 17.2 Å². The van der Waals surface area contributed by atoms with Gasteiger partial charge in [-0.25, -0.2) is 4.79 Å². The van der Waals surface area contributed by atoms with Crippen LogP contribution < -0.4 is 16.3 Å². The fraction of sp³-hybridized carbons (Fsp3) is 0.421. The molecule has 0 saturated heterocycles. The molecule has 1 atom stereocenters. The molecule has 0 radical (unpaired) electrons. The van der Waals surface area contributed by atoms with E-state index in [9.17, 15) is 9.90 Å². The molecule has 3 rings (SSSR count). The smallest absolute Gasteiger partial charge is 0.328 e. The average molecular weight is 370 g/mol. The van der Waals surface area contributed by atoms with Crippen LogP contribution >= 0.6 is 0 Å². The number of nitrogens with zero attached hydrogens (tertiary/aromatic N) is 3. The molecule has 4 N–H and O–H groups in total. The van der Waals surface area contributed by atoms with Crippen LogP contribution in [0, 0.1) is 0 Å². The van der Waals surface area contributed by atoms with Gasteiger partial charge in [0.05, 0.1) is 12.6 Å². The Morgan fingerprint density at radius 1 is 1.22 bits per heavy atom. The Bertz CT molecular complexity index is 944. The van der Waals surface area contributed by atoms with Crippen molar-refractivity contribution in [3.05, 3.63) is 46.4 Å². The lowest BCUT2D eigenvalue weighted by Crippen LogP contribution is -2.24. The highest BCUT2D eigenvalue weighted by molar-refractivity contribution is 5.84. The first-order chi connectivity index (χ1) is 13.0. The van der Waals surface area contributed by atoms with Gasteiger partial charge < -0.3 is 20.7 Å². The van der Waals surface area contributed by atoms with Crippen molar-refractivity contribution >= 4 is 22.9 Å². The Kier molecular flexibility index (Phi) is 5.75. The van der Waals surface area contributed by atoms with Crippen LogP contribution in [0.3, 0.4) is 0 Å². The molecule has 0 amide bonds. The van der Waals surface area contributed by atoms with Crippen molar-refractivity contribution in [1.82, 2.24) is 19.5 Å². The van der Waals surface area contributed by atoms with E-state index in [-0.39, 0.29) is 24.4 Å². The lowest BCUT2D eigenvalue weighted by atomic mass is 10.2. The number of imidazole rings is 1. The number of fused-ring (bicyclic) bond motifs is 1. The number of aliphatic hydroxyl groups is 1. The van der Waals surface area contributed by atoms with Crippen LogP contribution in [-0.4, -0.2) is 37.3 Å². The van der Waals surface area contributed by atoms with Crippen molar-refractivity contribution in [1.29, 1.82) is 0 Å². The van der Waals surface area contributed by atoms with E-state index in [2.05, 4.69) is 25.6 Å². The number of aliphatic hydroxyl groups excluding tert-OH is 1. The molecule has 2 heterocycles. The van der Waals surface area contributed by atoms with Crippen LogP contribution in [0.15, 0.2) is 35.1 Å². The minimum absolute atomic E-state index is 0.0191. The molecule has 8 heteroatoms. The van der Waals surface area contributed by atoms with Crippen LogP contribution in [0.4, 0.5) is 11.8 Å². The molecule has 8 nitrogen and oxygen atoms in total. The number of nitrogens with one attached hydrogen (secondary N) is 3. The summed E-state index contributed by atoms with van der Waals surface area (Å²) in [5.74, 6) is 0.933. The number of aromatic amines is 1. The summed E-state index contributed by atoms with van der Waals surface area (Å²) in [6.45, 7) is 6.39. The zero-order valence-electron chi connectivity index (χ0n) is 15.9. The van der Waals surface area contributed by atoms with Crippen LogP contribution in [-0.2, 0) is 6.54 Å². The molecule has 1 aromatic carbocycles. The maximum Gasteiger partial charge on any atom is 0.328 e. The molecule has 0 aliphatic heterocycles. The van der Waals surface area contributed by atoms with E-state index < -0.39 is 0 Å². The Hall–Kier alpha value is -2.87. The second-order valence-electron chi connectivity index (χ2n) is 6.76. The first-order valence-corrected chi connectivity index (χ1v) is 9.20. The van der Waals surface area contributed by atoms with E-state index in [1.54, 1.807) is 4.57 Å². The van der Waals surface area contributed by atoms with E-state index in [0.717, 1.165) is 12.0 Å². The molecule has 0 unspecified atom stereocenters. The third kappa shape index (κ3) is 4.11. The maximum absolute atomic E-state index is 12.4. The molecule has 144 valence electrons. The minimum Gasteiger partial charge on any atom is -0.394 e. The molecule has 0 aliphatic carbocycles. The minimum atomic E-state index is -0.219. The lowest BCUT2D eigenvalue weighted by Gasteiger charge is -2.16. The van der Waals surface area contributed by atoms with Gasteiger partial charge in [-0.3, -0.25) is 4.57 Å². The number of rotatable bonds is 8. The average Bonchev–Trinajstić information content (AvgIpc) is 3.01. The topological polar surface area (TPSA) is 108 Å². The van der Waals surface area contributed by atoms with Gasteiger partial charge in [0.25, 0.3) is 0 Å². The molecule has 0 aliphatic rings. The second kappa shape index (κ2) is 8.22. The molecule has 0 bridgehead atoms. The zero-order chi connectivity index (χ0) is 19.4. The standard InChI is InChI=1S/C19H26N6O2/c1-4-14(11-26)21-18-23-16(20-10-13-8-6-5-7-9-13)15-17(24-18)25(12(2)3)19(27)22-15/h5-9,12,14,26H,4,10-11H2,1-3H3,(H,22,27)(H2,20,21,23,24)/t14-/m1/s1. The number of hydrogen-bond donors (Lipinski definition) is 4. The van der Waals surface area contributed by atoms with Crippen molar-refractivity contribution in [2.45, 2.75) is 45.8 Å². The second-order valence-corrected chi connectivity index (χ2v) is 6.76. The fourth-order valence-electron chi connectivity index (χ4n) is 2.91. The number of benzene rings is 1. The Labute approximate surface area is 157 Å². The van der Waals surface area contributed by atoms with Crippen molar-refractivity contribution < 1.29 is 5.11 Å². The van der Waals surface area contributed by atoms with Crippen LogP contribution in [0.5, 0.6) is 0 Å². The van der Waals surface area contributed by atoms with Gasteiger partial charge in [-0.05, 0) is 25.8 Å². The highest BCUT2D eigenvalue weighted by Crippen LogP contribution is 2.22. The zero-order valence-corrected chi connectivity index (χ0v) is 15.9. The van der Waals surface area contributed by atoms with Crippen molar-refractivity contribution in [3.63, 3.8) is 0 Å². The van der Waals surface area contributed by atoms with Gasteiger partial charge in [-0.2, -0.15) is 9.97 Å². The summed E-state index contributed by atoms with van der Waals surface area (Å²) >= 11 is 0. The van der Waals surface area contributed by atoms with Crippen molar-refractivity contribution in [3.8, 4) is 0 Å². The maximum atomic E-state index is 12.4. The van der Waals surface area contributed by atoms with E-state index in [1.807, 2.05) is 51.1 Å². The fourth-order valence-corrected chi connectivity index (χ4v) is 2.91. The largest absolute Gasteiger partial charge is 0.394 e.